The Morgan fingerprint density at radius 2 is 2.25 bits per heavy atom. The molecule has 0 bridgehead atoms. The van der Waals surface area contributed by atoms with Crippen LogP contribution in [-0.2, 0) is 9.84 Å². The Morgan fingerprint density at radius 1 is 1.45 bits per heavy atom. The fourth-order valence-electron chi connectivity index (χ4n) is 2.86. The van der Waals surface area contributed by atoms with Crippen LogP contribution in [0.15, 0.2) is 18.2 Å². The van der Waals surface area contributed by atoms with E-state index < -0.39 is 9.84 Å². The van der Waals surface area contributed by atoms with Crippen LogP contribution in [0.3, 0.4) is 0 Å². The number of para-hydroxylation sites is 1. The maximum atomic E-state index is 11.8. The van der Waals surface area contributed by atoms with Gasteiger partial charge in [0.2, 0.25) is 5.95 Å². The molecule has 1 aliphatic heterocycles. The van der Waals surface area contributed by atoms with Gasteiger partial charge in [0.15, 0.2) is 9.84 Å². The van der Waals surface area contributed by atoms with Gasteiger partial charge in [-0.3, -0.25) is 0 Å². The van der Waals surface area contributed by atoms with E-state index in [1.54, 1.807) is 7.11 Å². The molecule has 0 spiro atoms. The van der Waals surface area contributed by atoms with Crippen molar-refractivity contribution in [3.8, 4) is 5.75 Å². The van der Waals surface area contributed by atoms with Crippen molar-refractivity contribution in [3.05, 3.63) is 18.2 Å². The van der Waals surface area contributed by atoms with Gasteiger partial charge in [0, 0.05) is 0 Å². The number of hydrogen-bond acceptors (Lipinski definition) is 5. The minimum atomic E-state index is -2.99. The summed E-state index contributed by atoms with van der Waals surface area (Å²) in [5.74, 6) is 1.37. The van der Waals surface area contributed by atoms with Crippen LogP contribution >= 0.6 is 0 Å². The largest absolute Gasteiger partial charge is 0.494 e. The van der Waals surface area contributed by atoms with Gasteiger partial charge in [0.25, 0.3) is 0 Å². The Bertz CT molecular complexity index is 752. The highest BCUT2D eigenvalue weighted by molar-refractivity contribution is 7.91. The number of hydrogen-bond donors (Lipinski definition) is 1. The molecule has 2 N–H and O–H groups in total. The quantitative estimate of drug-likeness (QED) is 0.904. The Morgan fingerprint density at radius 3 is 2.95 bits per heavy atom. The Hall–Kier alpha value is -1.76. The van der Waals surface area contributed by atoms with E-state index in [1.807, 2.05) is 22.8 Å². The number of rotatable bonds is 2. The Kier molecular flexibility index (Phi) is 3.08. The normalized spacial score (nSPS) is 21.9. The first kappa shape index (κ1) is 13.2. The summed E-state index contributed by atoms with van der Waals surface area (Å²) < 4.78 is 30.8. The van der Waals surface area contributed by atoms with Gasteiger partial charge in [-0.1, -0.05) is 6.07 Å². The van der Waals surface area contributed by atoms with Crippen LogP contribution in [0.5, 0.6) is 5.75 Å². The summed E-state index contributed by atoms with van der Waals surface area (Å²) in [6.45, 7) is 0. The van der Waals surface area contributed by atoms with Crippen LogP contribution in [0.4, 0.5) is 5.95 Å². The third kappa shape index (κ3) is 2.11. The van der Waals surface area contributed by atoms with Gasteiger partial charge in [0.05, 0.1) is 30.2 Å². The Labute approximate surface area is 117 Å². The molecule has 2 aromatic rings. The second kappa shape index (κ2) is 4.66. The van der Waals surface area contributed by atoms with Crippen molar-refractivity contribution >= 4 is 26.8 Å². The molecule has 2 heterocycles. The highest BCUT2D eigenvalue weighted by Crippen LogP contribution is 2.33. The molecule has 1 aliphatic rings. The zero-order valence-corrected chi connectivity index (χ0v) is 12.1. The van der Waals surface area contributed by atoms with E-state index in [2.05, 4.69) is 4.98 Å². The van der Waals surface area contributed by atoms with Gasteiger partial charge in [-0.25, -0.2) is 13.4 Å². The van der Waals surface area contributed by atoms with E-state index in [9.17, 15) is 8.42 Å². The van der Waals surface area contributed by atoms with Crippen molar-refractivity contribution in [3.63, 3.8) is 0 Å². The average Bonchev–Trinajstić information content (AvgIpc) is 2.73. The molecular formula is C13H17N3O3S. The molecule has 3 rings (SSSR count). The van der Waals surface area contributed by atoms with Crippen molar-refractivity contribution in [2.24, 2.45) is 0 Å². The number of methoxy groups -OCH3 is 1. The first-order valence-electron chi connectivity index (χ1n) is 6.52. The van der Waals surface area contributed by atoms with Crippen LogP contribution in [0, 0.1) is 0 Å². The molecular weight excluding hydrogens is 278 g/mol. The molecule has 1 atom stereocenters. The number of nitrogen functional groups attached to an aromatic ring is 1. The molecule has 7 heteroatoms. The minimum absolute atomic E-state index is 0.125. The molecule has 6 nitrogen and oxygen atoms in total. The summed E-state index contributed by atoms with van der Waals surface area (Å²) in [7, 11) is -1.42. The molecule has 0 radical (unpaired) electrons. The summed E-state index contributed by atoms with van der Waals surface area (Å²) in [5.41, 5.74) is 7.50. The number of ether oxygens (including phenoxy) is 1. The van der Waals surface area contributed by atoms with Crippen LogP contribution in [0.25, 0.3) is 11.0 Å². The summed E-state index contributed by atoms with van der Waals surface area (Å²) in [6.07, 6.45) is 1.46. The number of nitrogens with zero attached hydrogens (tertiary/aromatic N) is 2. The second-order valence-corrected chi connectivity index (χ2v) is 7.31. The first-order chi connectivity index (χ1) is 9.52. The van der Waals surface area contributed by atoms with Gasteiger partial charge < -0.3 is 15.0 Å². The molecule has 0 amide bonds. The molecule has 1 aromatic carbocycles. The summed E-state index contributed by atoms with van der Waals surface area (Å²) in [5, 5.41) is 0. The van der Waals surface area contributed by atoms with Gasteiger partial charge >= 0.3 is 0 Å². The summed E-state index contributed by atoms with van der Waals surface area (Å²) in [4.78, 5) is 4.33. The standard InChI is InChI=1S/C13H17N3O3S/c1-19-11-6-2-5-10-12(11)15-13(14)16(10)9-4-3-7-20(17,18)8-9/h2,5-6,9H,3-4,7-8H2,1H3,(H2,14,15). The SMILES string of the molecule is COc1cccc2c1nc(N)n2C1CCCS(=O)(=O)C1. The van der Waals surface area contributed by atoms with E-state index in [-0.39, 0.29) is 17.5 Å². The van der Waals surface area contributed by atoms with Crippen LogP contribution in [0.1, 0.15) is 18.9 Å². The van der Waals surface area contributed by atoms with Crippen LogP contribution in [-0.4, -0.2) is 36.6 Å². The van der Waals surface area contributed by atoms with E-state index >= 15 is 0 Å². The molecule has 20 heavy (non-hydrogen) atoms. The zero-order valence-electron chi connectivity index (χ0n) is 11.2. The lowest BCUT2D eigenvalue weighted by Gasteiger charge is -2.24. The van der Waals surface area contributed by atoms with Gasteiger partial charge in [-0.15, -0.1) is 0 Å². The number of aromatic nitrogens is 2. The summed E-state index contributed by atoms with van der Waals surface area (Å²) >= 11 is 0. The molecule has 1 aromatic heterocycles. The molecule has 1 unspecified atom stereocenters. The van der Waals surface area contributed by atoms with E-state index in [1.165, 1.54) is 0 Å². The lowest BCUT2D eigenvalue weighted by molar-refractivity contribution is 0.419. The van der Waals surface area contributed by atoms with Gasteiger partial charge in [-0.2, -0.15) is 0 Å². The van der Waals surface area contributed by atoms with Crippen LogP contribution < -0.4 is 10.5 Å². The van der Waals surface area contributed by atoms with Crippen molar-refractivity contribution < 1.29 is 13.2 Å². The molecule has 108 valence electrons. The molecule has 1 fully saturated rings. The number of imidazole rings is 1. The first-order valence-corrected chi connectivity index (χ1v) is 8.35. The van der Waals surface area contributed by atoms with Crippen molar-refractivity contribution in [2.45, 2.75) is 18.9 Å². The highest BCUT2D eigenvalue weighted by Gasteiger charge is 2.28. The molecule has 0 aliphatic carbocycles. The van der Waals surface area contributed by atoms with Crippen molar-refractivity contribution in [2.75, 3.05) is 24.3 Å². The second-order valence-electron chi connectivity index (χ2n) is 5.08. The van der Waals surface area contributed by atoms with Crippen molar-refractivity contribution in [1.29, 1.82) is 0 Å². The molecule has 1 saturated heterocycles. The van der Waals surface area contributed by atoms with Crippen LogP contribution in [0.2, 0.25) is 0 Å². The summed E-state index contributed by atoms with van der Waals surface area (Å²) in [6, 6.07) is 5.42. The smallest absolute Gasteiger partial charge is 0.201 e. The predicted molar refractivity (Wildman–Crippen MR) is 77.6 cm³/mol. The topological polar surface area (TPSA) is 87.2 Å². The fourth-order valence-corrected chi connectivity index (χ4v) is 4.54. The number of nitrogens with two attached hydrogens (primary N) is 1. The lowest BCUT2D eigenvalue weighted by Crippen LogP contribution is -2.28. The molecule has 0 saturated carbocycles. The number of sulfone groups is 1. The number of anilines is 1. The maximum Gasteiger partial charge on any atom is 0.201 e. The minimum Gasteiger partial charge on any atom is -0.494 e. The van der Waals surface area contributed by atoms with E-state index in [4.69, 9.17) is 10.5 Å². The highest BCUT2D eigenvalue weighted by atomic mass is 32.2. The fraction of sp³-hybridized carbons (Fsp3) is 0.462. The average molecular weight is 295 g/mol. The van der Waals surface area contributed by atoms with Crippen molar-refractivity contribution in [1.82, 2.24) is 9.55 Å². The number of benzene rings is 1. The maximum absolute atomic E-state index is 11.8. The van der Waals surface area contributed by atoms with Gasteiger partial charge in [0.1, 0.15) is 11.3 Å². The predicted octanol–water partition coefficient (Wildman–Crippen LogP) is 1.38. The zero-order chi connectivity index (χ0) is 14.3. The van der Waals surface area contributed by atoms with E-state index in [0.29, 0.717) is 23.6 Å². The monoisotopic (exact) mass is 295 g/mol. The third-order valence-electron chi connectivity index (χ3n) is 3.73. The van der Waals surface area contributed by atoms with E-state index in [0.717, 1.165) is 11.9 Å². The third-order valence-corrected chi connectivity index (χ3v) is 5.54. The lowest BCUT2D eigenvalue weighted by atomic mass is 10.1. The number of fused-ring (bicyclic) bond motifs is 1. The Balaban J connectivity index is 2.14. The van der Waals surface area contributed by atoms with Gasteiger partial charge in [-0.05, 0) is 25.0 Å².